The van der Waals surface area contributed by atoms with E-state index in [1.165, 1.54) is 0 Å². The third kappa shape index (κ3) is 4.49. The second-order valence-corrected chi connectivity index (χ2v) is 10.2. The number of para-hydroxylation sites is 1. The number of fused-ring (bicyclic) bond motifs is 1. The third-order valence-electron chi connectivity index (χ3n) is 7.75. The highest BCUT2D eigenvalue weighted by atomic mass is 16.2. The number of hydrogen-bond donors (Lipinski definition) is 1. The maximum atomic E-state index is 14.1. The summed E-state index contributed by atoms with van der Waals surface area (Å²) in [4.78, 5) is 56.8. The molecule has 1 aliphatic carbocycles. The number of nitrogens with one attached hydrogen (secondary N) is 1. The highest BCUT2D eigenvalue weighted by Gasteiger charge is 2.49. The van der Waals surface area contributed by atoms with E-state index in [0.29, 0.717) is 24.0 Å². The first kappa shape index (κ1) is 25.4. The van der Waals surface area contributed by atoms with Crippen LogP contribution in [0.5, 0.6) is 0 Å². The monoisotopic (exact) mass is 509 g/mol. The van der Waals surface area contributed by atoms with Crippen molar-refractivity contribution in [2.24, 2.45) is 0 Å². The first-order valence-corrected chi connectivity index (χ1v) is 13.0. The van der Waals surface area contributed by atoms with Crippen LogP contribution < -0.4 is 5.32 Å². The molecule has 38 heavy (non-hydrogen) atoms. The predicted octanol–water partition coefficient (Wildman–Crippen LogP) is 4.88. The van der Waals surface area contributed by atoms with Gasteiger partial charge in [-0.05, 0) is 55.5 Å². The van der Waals surface area contributed by atoms with Crippen molar-refractivity contribution in [2.45, 2.75) is 51.6 Å². The summed E-state index contributed by atoms with van der Waals surface area (Å²) in [6.07, 6.45) is 2.60. The van der Waals surface area contributed by atoms with Gasteiger partial charge in [-0.15, -0.1) is 0 Å². The van der Waals surface area contributed by atoms with E-state index in [0.717, 1.165) is 40.1 Å². The quantitative estimate of drug-likeness (QED) is 0.460. The number of benzene rings is 3. The number of imide groups is 1. The van der Waals surface area contributed by atoms with Crippen LogP contribution in [0.1, 0.15) is 63.1 Å². The number of anilines is 1. The van der Waals surface area contributed by atoms with Gasteiger partial charge < -0.3 is 10.2 Å². The molecule has 0 aromatic heterocycles. The van der Waals surface area contributed by atoms with Gasteiger partial charge in [-0.3, -0.25) is 24.1 Å². The third-order valence-corrected chi connectivity index (χ3v) is 7.75. The molecule has 7 nitrogen and oxygen atoms in total. The van der Waals surface area contributed by atoms with Crippen molar-refractivity contribution in [3.05, 3.63) is 101 Å². The lowest BCUT2D eigenvalue weighted by Gasteiger charge is -2.41. The van der Waals surface area contributed by atoms with E-state index in [2.05, 4.69) is 5.32 Å². The van der Waals surface area contributed by atoms with Gasteiger partial charge in [-0.2, -0.15) is 0 Å². The summed E-state index contributed by atoms with van der Waals surface area (Å²) in [5.74, 6) is -1.64. The van der Waals surface area contributed by atoms with Gasteiger partial charge in [0, 0.05) is 12.2 Å². The fourth-order valence-electron chi connectivity index (χ4n) is 5.67. The van der Waals surface area contributed by atoms with Crippen molar-refractivity contribution in [1.82, 2.24) is 9.80 Å². The molecule has 3 aromatic rings. The molecule has 3 aromatic carbocycles. The lowest BCUT2D eigenvalue weighted by Crippen LogP contribution is -2.59. The van der Waals surface area contributed by atoms with Crippen LogP contribution in [0.4, 0.5) is 5.69 Å². The summed E-state index contributed by atoms with van der Waals surface area (Å²) in [5.41, 5.74) is 2.99. The minimum absolute atomic E-state index is 0.197. The number of carbonyl (C=O) groups is 4. The lowest BCUT2D eigenvalue weighted by atomic mass is 9.91. The summed E-state index contributed by atoms with van der Waals surface area (Å²) in [5, 5.41) is 3.13. The Hall–Kier alpha value is -4.26. The van der Waals surface area contributed by atoms with Crippen molar-refractivity contribution >= 4 is 29.3 Å². The average Bonchev–Trinajstić information content (AvgIpc) is 3.51. The summed E-state index contributed by atoms with van der Waals surface area (Å²) in [6.45, 7) is 3.67. The molecular weight excluding hydrogens is 478 g/mol. The molecule has 1 saturated carbocycles. The van der Waals surface area contributed by atoms with Crippen molar-refractivity contribution < 1.29 is 19.2 Å². The molecule has 0 bridgehead atoms. The van der Waals surface area contributed by atoms with Crippen LogP contribution in [-0.4, -0.2) is 45.5 Å². The van der Waals surface area contributed by atoms with Crippen molar-refractivity contribution in [3.63, 3.8) is 0 Å². The van der Waals surface area contributed by atoms with Crippen LogP contribution in [0.3, 0.4) is 0 Å². The predicted molar refractivity (Wildman–Crippen MR) is 145 cm³/mol. The minimum Gasteiger partial charge on any atom is -0.324 e. The normalized spacial score (nSPS) is 15.9. The molecule has 0 saturated heterocycles. The number of aryl methyl sites for hydroxylation is 2. The summed E-state index contributed by atoms with van der Waals surface area (Å²) in [7, 11) is 0. The van der Waals surface area contributed by atoms with Gasteiger partial charge in [0.05, 0.1) is 11.1 Å². The molecule has 1 aliphatic heterocycles. The highest BCUT2D eigenvalue weighted by Crippen LogP contribution is 2.38. The van der Waals surface area contributed by atoms with Crippen LogP contribution in [0.2, 0.25) is 0 Å². The fraction of sp³-hybridized carbons (Fsp3) is 0.290. The number of amides is 4. The average molecular weight is 510 g/mol. The van der Waals surface area contributed by atoms with Gasteiger partial charge in [0.2, 0.25) is 11.8 Å². The Morgan fingerprint density at radius 1 is 0.816 bits per heavy atom. The lowest BCUT2D eigenvalue weighted by molar-refractivity contribution is -0.146. The van der Waals surface area contributed by atoms with Gasteiger partial charge in [-0.1, -0.05) is 73.5 Å². The van der Waals surface area contributed by atoms with E-state index in [1.807, 2.05) is 62.4 Å². The highest BCUT2D eigenvalue weighted by molar-refractivity contribution is 6.22. The molecule has 7 heteroatoms. The summed E-state index contributed by atoms with van der Waals surface area (Å²) in [6, 6.07) is 21.9. The molecule has 4 amide bonds. The Kier molecular flexibility index (Phi) is 6.85. The largest absolute Gasteiger partial charge is 0.324 e. The molecule has 2 aliphatic rings. The van der Waals surface area contributed by atoms with Crippen LogP contribution in [-0.2, 0) is 16.1 Å². The molecule has 1 fully saturated rings. The maximum absolute atomic E-state index is 14.1. The van der Waals surface area contributed by atoms with Crippen molar-refractivity contribution in [1.29, 1.82) is 0 Å². The Morgan fingerprint density at radius 3 is 1.95 bits per heavy atom. The van der Waals surface area contributed by atoms with Crippen molar-refractivity contribution in [3.8, 4) is 0 Å². The van der Waals surface area contributed by atoms with E-state index in [1.54, 1.807) is 29.2 Å². The topological polar surface area (TPSA) is 86.8 Å². The molecule has 0 spiro atoms. The first-order valence-electron chi connectivity index (χ1n) is 13.0. The van der Waals surface area contributed by atoms with Gasteiger partial charge in [-0.25, -0.2) is 0 Å². The van der Waals surface area contributed by atoms with E-state index >= 15 is 0 Å². The standard InChI is InChI=1S/C31H31N3O4/c1-21-11-10-12-22(2)27(21)32-30(38)31(17-8-9-18-31)34(19-23-13-4-3-5-14-23)26(35)20-33-28(36)24-15-6-7-16-25(24)29(33)37/h3-7,10-16H,8-9,17-20H2,1-2H3,(H,32,38). The van der Waals surface area contributed by atoms with Gasteiger partial charge in [0.1, 0.15) is 12.1 Å². The Morgan fingerprint density at radius 2 is 1.37 bits per heavy atom. The Labute approximate surface area is 222 Å². The second-order valence-electron chi connectivity index (χ2n) is 10.2. The molecule has 0 radical (unpaired) electrons. The fourth-order valence-corrected chi connectivity index (χ4v) is 5.67. The van der Waals surface area contributed by atoms with Crippen LogP contribution in [0, 0.1) is 13.8 Å². The number of rotatable bonds is 7. The zero-order valence-corrected chi connectivity index (χ0v) is 21.7. The zero-order chi connectivity index (χ0) is 26.9. The SMILES string of the molecule is Cc1cccc(C)c1NC(=O)C1(N(Cc2ccccc2)C(=O)CN2C(=O)c3ccccc3C2=O)CCCC1. The minimum atomic E-state index is -1.10. The van der Waals surface area contributed by atoms with Gasteiger partial charge in [0.15, 0.2) is 0 Å². The molecule has 1 N–H and O–H groups in total. The Bertz CT molecular complexity index is 1350. The molecule has 194 valence electrons. The smallest absolute Gasteiger partial charge is 0.262 e. The summed E-state index contributed by atoms with van der Waals surface area (Å²) < 4.78 is 0. The van der Waals surface area contributed by atoms with Crippen LogP contribution >= 0.6 is 0 Å². The van der Waals surface area contributed by atoms with Gasteiger partial charge in [0.25, 0.3) is 11.8 Å². The van der Waals surface area contributed by atoms with E-state index in [9.17, 15) is 19.2 Å². The molecular formula is C31H31N3O4. The second kappa shape index (κ2) is 10.2. The van der Waals surface area contributed by atoms with Gasteiger partial charge >= 0.3 is 0 Å². The molecule has 5 rings (SSSR count). The maximum Gasteiger partial charge on any atom is 0.262 e. The van der Waals surface area contributed by atoms with Crippen molar-refractivity contribution in [2.75, 3.05) is 11.9 Å². The number of nitrogens with zero attached hydrogens (tertiary/aromatic N) is 2. The number of carbonyl (C=O) groups excluding carboxylic acids is 4. The van der Waals surface area contributed by atoms with E-state index in [4.69, 9.17) is 0 Å². The molecule has 0 unspecified atom stereocenters. The Balaban J connectivity index is 1.49. The zero-order valence-electron chi connectivity index (χ0n) is 21.7. The summed E-state index contributed by atoms with van der Waals surface area (Å²) >= 11 is 0. The number of hydrogen-bond acceptors (Lipinski definition) is 4. The molecule has 1 heterocycles. The van der Waals surface area contributed by atoms with E-state index < -0.39 is 29.8 Å². The van der Waals surface area contributed by atoms with E-state index in [-0.39, 0.29) is 12.5 Å². The van der Waals surface area contributed by atoms with Crippen LogP contribution in [0.25, 0.3) is 0 Å². The molecule has 0 atom stereocenters. The first-order chi connectivity index (χ1) is 18.3. The van der Waals surface area contributed by atoms with Crippen LogP contribution in [0.15, 0.2) is 72.8 Å².